The predicted octanol–water partition coefficient (Wildman–Crippen LogP) is 6.07. The van der Waals surface area contributed by atoms with E-state index in [1.165, 1.54) is 17.8 Å². The molecule has 4 nitrogen and oxygen atoms in total. The number of thioether (sulfide) groups is 1. The fourth-order valence-corrected chi connectivity index (χ4v) is 3.45. The van der Waals surface area contributed by atoms with Crippen LogP contribution in [0.5, 0.6) is 0 Å². The molecule has 0 aliphatic heterocycles. The number of ether oxygens (including phenoxy) is 1. The lowest BCUT2D eigenvalue weighted by Gasteiger charge is -2.18. The number of carbonyl (C=O) groups excluding carboxylic acids is 2. The second-order valence-electron chi connectivity index (χ2n) is 6.70. The first-order valence-electron chi connectivity index (χ1n) is 9.37. The van der Waals surface area contributed by atoms with E-state index in [1.54, 1.807) is 0 Å². The maximum atomic E-state index is 14.2. The van der Waals surface area contributed by atoms with Gasteiger partial charge in [-0.15, -0.1) is 11.8 Å². The summed E-state index contributed by atoms with van der Waals surface area (Å²) in [4.78, 5) is 24.9. The Hall–Kier alpha value is -1.27. The van der Waals surface area contributed by atoms with Crippen LogP contribution in [0.1, 0.15) is 60.3 Å². The summed E-state index contributed by atoms with van der Waals surface area (Å²) in [5.74, 6) is -0.949. The molecule has 1 aromatic rings. The largest absolute Gasteiger partial charge is 0.462 e. The number of nitrogens with one attached hydrogen (secondary N) is 1. The summed E-state index contributed by atoms with van der Waals surface area (Å²) >= 11 is 7.38. The monoisotopic (exact) mass is 417 g/mol. The molecular weight excluding hydrogens is 389 g/mol. The average molecular weight is 418 g/mol. The number of amides is 1. The Labute approximate surface area is 170 Å². The van der Waals surface area contributed by atoms with E-state index >= 15 is 0 Å². The summed E-state index contributed by atoms with van der Waals surface area (Å²) in [6.45, 7) is 9.62. The minimum atomic E-state index is -0.600. The number of hydrogen-bond donors (Lipinski definition) is 1. The third-order valence-electron chi connectivity index (χ3n) is 4.32. The molecule has 0 aliphatic rings. The second kappa shape index (κ2) is 11.5. The summed E-state index contributed by atoms with van der Waals surface area (Å²) < 4.78 is 19.6. The number of esters is 1. The van der Waals surface area contributed by atoms with Gasteiger partial charge in [0, 0.05) is 11.3 Å². The fourth-order valence-electron chi connectivity index (χ4n) is 2.19. The second-order valence-corrected chi connectivity index (χ2v) is 8.35. The molecule has 7 heteroatoms. The van der Waals surface area contributed by atoms with E-state index in [2.05, 4.69) is 5.32 Å². The van der Waals surface area contributed by atoms with Gasteiger partial charge in [0.25, 0.3) is 0 Å². The van der Waals surface area contributed by atoms with Crippen LogP contribution in [0.15, 0.2) is 17.0 Å². The van der Waals surface area contributed by atoms with Gasteiger partial charge in [0.15, 0.2) is 0 Å². The van der Waals surface area contributed by atoms with Gasteiger partial charge in [-0.2, -0.15) is 0 Å². The van der Waals surface area contributed by atoms with Crippen molar-refractivity contribution in [1.82, 2.24) is 0 Å². The minimum absolute atomic E-state index is 0.0698. The lowest BCUT2D eigenvalue weighted by molar-refractivity contribution is -0.147. The van der Waals surface area contributed by atoms with Crippen molar-refractivity contribution in [1.29, 1.82) is 0 Å². The molecule has 0 heterocycles. The standard InChI is InChI=1S/C20H29ClFNO3S/c1-6-12(4)9-19(24)23-16-11-18(14(21)10-15(16)22)27-17(8-3)20(25)26-13(5)7-2/h10-13,17H,6-9H2,1-5H3,(H,23,24). The quantitative estimate of drug-likeness (QED) is 0.371. The number of halogens is 2. The van der Waals surface area contributed by atoms with E-state index < -0.39 is 11.1 Å². The van der Waals surface area contributed by atoms with Crippen LogP contribution in [0.4, 0.5) is 10.1 Å². The Balaban J connectivity index is 2.94. The molecule has 1 rings (SSSR count). The highest BCUT2D eigenvalue weighted by atomic mass is 35.5. The molecular formula is C20H29ClFNO3S. The van der Waals surface area contributed by atoms with E-state index in [4.69, 9.17) is 16.3 Å². The fraction of sp³-hybridized carbons (Fsp3) is 0.600. The van der Waals surface area contributed by atoms with Crippen molar-refractivity contribution < 1.29 is 18.7 Å². The molecule has 0 saturated carbocycles. The first kappa shape index (κ1) is 23.8. The van der Waals surface area contributed by atoms with Gasteiger partial charge >= 0.3 is 5.97 Å². The third kappa shape index (κ3) is 7.70. The SMILES string of the molecule is CCC(C)CC(=O)Nc1cc(SC(CC)C(=O)OC(C)CC)c(Cl)cc1F. The van der Waals surface area contributed by atoms with Gasteiger partial charge in [0.2, 0.25) is 5.91 Å². The number of rotatable bonds is 10. The van der Waals surface area contributed by atoms with Gasteiger partial charge in [-0.3, -0.25) is 9.59 Å². The van der Waals surface area contributed by atoms with Crippen LogP contribution in [0.3, 0.4) is 0 Å². The van der Waals surface area contributed by atoms with E-state index in [0.717, 1.165) is 18.9 Å². The molecule has 0 aromatic heterocycles. The van der Waals surface area contributed by atoms with Crippen LogP contribution in [0, 0.1) is 11.7 Å². The zero-order chi connectivity index (χ0) is 20.6. The molecule has 3 atom stereocenters. The number of carbonyl (C=O) groups is 2. The molecule has 1 N–H and O–H groups in total. The van der Waals surface area contributed by atoms with E-state index in [0.29, 0.717) is 17.7 Å². The van der Waals surface area contributed by atoms with Crippen LogP contribution >= 0.6 is 23.4 Å². The molecule has 27 heavy (non-hydrogen) atoms. The number of anilines is 1. The van der Waals surface area contributed by atoms with Gasteiger partial charge in [-0.25, -0.2) is 4.39 Å². The van der Waals surface area contributed by atoms with Crippen LogP contribution in [0.2, 0.25) is 5.02 Å². The van der Waals surface area contributed by atoms with Crippen molar-refractivity contribution in [2.75, 3.05) is 5.32 Å². The Bertz CT molecular complexity index is 656. The first-order valence-corrected chi connectivity index (χ1v) is 10.6. The summed E-state index contributed by atoms with van der Waals surface area (Å²) in [7, 11) is 0. The van der Waals surface area contributed by atoms with Crippen LogP contribution in [-0.2, 0) is 14.3 Å². The highest BCUT2D eigenvalue weighted by Gasteiger charge is 2.23. The van der Waals surface area contributed by atoms with Gasteiger partial charge in [-0.05, 0) is 37.8 Å². The average Bonchev–Trinajstić information content (AvgIpc) is 2.62. The maximum Gasteiger partial charge on any atom is 0.319 e. The Morgan fingerprint density at radius 3 is 2.41 bits per heavy atom. The summed E-state index contributed by atoms with van der Waals surface area (Å²) in [5.41, 5.74) is 0.0698. The van der Waals surface area contributed by atoms with E-state index in [9.17, 15) is 14.0 Å². The molecule has 0 saturated heterocycles. The summed E-state index contributed by atoms with van der Waals surface area (Å²) in [5, 5.41) is 2.35. The van der Waals surface area contributed by atoms with Crippen molar-refractivity contribution in [2.45, 2.75) is 76.6 Å². The van der Waals surface area contributed by atoms with Crippen LogP contribution in [-0.4, -0.2) is 23.2 Å². The zero-order valence-electron chi connectivity index (χ0n) is 16.6. The third-order valence-corrected chi connectivity index (χ3v) is 6.15. The molecule has 0 fully saturated rings. The van der Waals surface area contributed by atoms with Crippen molar-refractivity contribution in [3.8, 4) is 0 Å². The summed E-state index contributed by atoms with van der Waals surface area (Å²) in [6, 6.07) is 2.64. The highest BCUT2D eigenvalue weighted by molar-refractivity contribution is 8.00. The van der Waals surface area contributed by atoms with E-state index in [-0.39, 0.29) is 34.6 Å². The molecule has 152 valence electrons. The Morgan fingerprint density at radius 1 is 1.19 bits per heavy atom. The van der Waals surface area contributed by atoms with Gasteiger partial charge in [0.1, 0.15) is 11.1 Å². The topological polar surface area (TPSA) is 55.4 Å². The van der Waals surface area contributed by atoms with Crippen molar-refractivity contribution in [2.24, 2.45) is 5.92 Å². The smallest absolute Gasteiger partial charge is 0.319 e. The maximum absolute atomic E-state index is 14.2. The van der Waals surface area contributed by atoms with Crippen LogP contribution in [0.25, 0.3) is 0 Å². The van der Waals surface area contributed by atoms with Crippen LogP contribution < -0.4 is 5.32 Å². The lowest BCUT2D eigenvalue weighted by atomic mass is 10.1. The normalized spacial score (nSPS) is 14.3. The molecule has 1 amide bonds. The number of benzene rings is 1. The van der Waals surface area contributed by atoms with Gasteiger partial charge in [0.05, 0.1) is 16.8 Å². The Morgan fingerprint density at radius 2 is 1.85 bits per heavy atom. The van der Waals surface area contributed by atoms with Crippen molar-refractivity contribution in [3.05, 3.63) is 23.0 Å². The first-order chi connectivity index (χ1) is 12.7. The highest BCUT2D eigenvalue weighted by Crippen LogP contribution is 2.36. The predicted molar refractivity (Wildman–Crippen MR) is 110 cm³/mol. The van der Waals surface area contributed by atoms with E-state index in [1.807, 2.05) is 34.6 Å². The molecule has 1 aromatic carbocycles. The molecule has 0 radical (unpaired) electrons. The van der Waals surface area contributed by atoms with Crippen molar-refractivity contribution in [3.63, 3.8) is 0 Å². The minimum Gasteiger partial charge on any atom is -0.462 e. The summed E-state index contributed by atoms with van der Waals surface area (Å²) in [6.07, 6.45) is 2.31. The van der Waals surface area contributed by atoms with Gasteiger partial charge < -0.3 is 10.1 Å². The lowest BCUT2D eigenvalue weighted by Crippen LogP contribution is -2.24. The molecule has 0 spiro atoms. The van der Waals surface area contributed by atoms with Gasteiger partial charge in [-0.1, -0.05) is 45.7 Å². The molecule has 0 bridgehead atoms. The Kier molecular flexibility index (Phi) is 10.2. The zero-order valence-corrected chi connectivity index (χ0v) is 18.2. The molecule has 0 aliphatic carbocycles. The van der Waals surface area contributed by atoms with Crippen molar-refractivity contribution >= 4 is 40.9 Å². The molecule has 3 unspecified atom stereocenters. The number of hydrogen-bond acceptors (Lipinski definition) is 4.